The van der Waals surface area contributed by atoms with Crippen molar-refractivity contribution in [3.63, 3.8) is 0 Å². The minimum absolute atomic E-state index is 0.145. The Morgan fingerprint density at radius 2 is 1.32 bits per heavy atom. The zero-order valence-corrected chi connectivity index (χ0v) is 18.6. The number of amides is 2. The molecule has 164 valence electrons. The van der Waals surface area contributed by atoms with Gasteiger partial charge in [-0.15, -0.1) is 0 Å². The first-order valence-corrected chi connectivity index (χ1v) is 12.3. The van der Waals surface area contributed by atoms with E-state index in [0.717, 1.165) is 64.6 Å². The highest BCUT2D eigenvalue weighted by molar-refractivity contribution is 5.77. The Hall–Kier alpha value is -1.06. The van der Waals surface area contributed by atoms with Gasteiger partial charge in [-0.2, -0.15) is 0 Å². The maximum absolute atomic E-state index is 12.6. The number of hydrogen-bond donors (Lipinski definition) is 1. The van der Waals surface area contributed by atoms with Gasteiger partial charge >= 0.3 is 0 Å². The molecule has 0 aromatic carbocycles. The molecule has 1 rings (SSSR count). The maximum atomic E-state index is 12.6. The van der Waals surface area contributed by atoms with Crippen LogP contribution < -0.4 is 5.32 Å². The van der Waals surface area contributed by atoms with Crippen LogP contribution in [0.25, 0.3) is 0 Å². The summed E-state index contributed by atoms with van der Waals surface area (Å²) in [5.41, 5.74) is 0. The second kappa shape index (κ2) is 18.0. The first-order valence-electron chi connectivity index (χ1n) is 12.3. The van der Waals surface area contributed by atoms with Crippen molar-refractivity contribution in [2.24, 2.45) is 0 Å². The number of nitrogens with one attached hydrogen (secondary N) is 1. The summed E-state index contributed by atoms with van der Waals surface area (Å²) in [6.45, 7) is 4.92. The second-order valence-corrected chi connectivity index (χ2v) is 8.53. The van der Waals surface area contributed by atoms with Crippen LogP contribution >= 0.6 is 0 Å². The fourth-order valence-electron chi connectivity index (χ4n) is 3.97. The van der Waals surface area contributed by atoms with Crippen molar-refractivity contribution < 1.29 is 9.59 Å². The zero-order chi connectivity index (χ0) is 20.3. The van der Waals surface area contributed by atoms with E-state index in [1.807, 2.05) is 0 Å². The van der Waals surface area contributed by atoms with E-state index >= 15 is 0 Å². The first-order chi connectivity index (χ1) is 13.7. The summed E-state index contributed by atoms with van der Waals surface area (Å²) in [5, 5.41) is 2.98. The molecule has 0 aromatic heterocycles. The van der Waals surface area contributed by atoms with Gasteiger partial charge < -0.3 is 10.2 Å². The standard InChI is InChI=1S/C24H46N2O2/c1-2-3-4-5-6-7-8-9-11-16-21-26-22-17-12-10-15-20-25-23(27)18-13-14-19-24(26)28/h2-22H2,1H3,(H,25,27). The van der Waals surface area contributed by atoms with E-state index in [4.69, 9.17) is 0 Å². The third kappa shape index (κ3) is 14.0. The molecule has 0 aromatic rings. The number of nitrogens with zero attached hydrogens (tertiary/aromatic N) is 1. The van der Waals surface area contributed by atoms with E-state index in [9.17, 15) is 9.59 Å². The van der Waals surface area contributed by atoms with Crippen molar-refractivity contribution in [2.75, 3.05) is 19.6 Å². The molecular weight excluding hydrogens is 348 g/mol. The largest absolute Gasteiger partial charge is 0.356 e. The predicted octanol–water partition coefficient (Wildman–Crippen LogP) is 5.99. The van der Waals surface area contributed by atoms with Gasteiger partial charge in [-0.25, -0.2) is 0 Å². The van der Waals surface area contributed by atoms with Crippen LogP contribution in [0.3, 0.4) is 0 Å². The Morgan fingerprint density at radius 1 is 0.714 bits per heavy atom. The molecule has 4 nitrogen and oxygen atoms in total. The predicted molar refractivity (Wildman–Crippen MR) is 118 cm³/mol. The lowest BCUT2D eigenvalue weighted by atomic mass is 10.1. The highest BCUT2D eigenvalue weighted by Gasteiger charge is 2.13. The molecule has 1 aliphatic rings. The molecule has 0 saturated carbocycles. The molecule has 1 aliphatic heterocycles. The number of rotatable bonds is 11. The lowest BCUT2D eigenvalue weighted by Gasteiger charge is -2.23. The Labute approximate surface area is 174 Å². The molecule has 1 N–H and O–H groups in total. The van der Waals surface area contributed by atoms with Gasteiger partial charge in [-0.05, 0) is 32.1 Å². The van der Waals surface area contributed by atoms with Gasteiger partial charge in [0, 0.05) is 32.5 Å². The summed E-state index contributed by atoms with van der Waals surface area (Å²) in [4.78, 5) is 26.4. The lowest BCUT2D eigenvalue weighted by molar-refractivity contribution is -0.131. The molecule has 4 heteroatoms. The van der Waals surface area contributed by atoms with Crippen LogP contribution in [0.5, 0.6) is 0 Å². The van der Waals surface area contributed by atoms with Crippen molar-refractivity contribution in [3.05, 3.63) is 0 Å². The van der Waals surface area contributed by atoms with Gasteiger partial charge in [0.2, 0.25) is 11.8 Å². The summed E-state index contributed by atoms with van der Waals surface area (Å²) >= 11 is 0. The molecule has 1 fully saturated rings. The van der Waals surface area contributed by atoms with Gasteiger partial charge in [0.1, 0.15) is 0 Å². The minimum atomic E-state index is 0.145. The fraction of sp³-hybridized carbons (Fsp3) is 0.917. The van der Waals surface area contributed by atoms with E-state index in [0.29, 0.717) is 18.7 Å². The Balaban J connectivity index is 2.18. The highest BCUT2D eigenvalue weighted by Crippen LogP contribution is 2.13. The molecule has 1 saturated heterocycles. The van der Waals surface area contributed by atoms with Gasteiger partial charge in [0.05, 0.1) is 0 Å². The molecule has 0 unspecified atom stereocenters. The Morgan fingerprint density at radius 3 is 2.04 bits per heavy atom. The monoisotopic (exact) mass is 394 g/mol. The topological polar surface area (TPSA) is 49.4 Å². The molecule has 0 atom stereocenters. The van der Waals surface area contributed by atoms with Crippen molar-refractivity contribution in [1.29, 1.82) is 0 Å². The Kier molecular flexibility index (Phi) is 16.1. The summed E-state index contributed by atoms with van der Waals surface area (Å²) in [6.07, 6.45) is 20.6. The summed E-state index contributed by atoms with van der Waals surface area (Å²) in [7, 11) is 0. The summed E-state index contributed by atoms with van der Waals surface area (Å²) in [5.74, 6) is 0.445. The number of carbonyl (C=O) groups is 2. The smallest absolute Gasteiger partial charge is 0.222 e. The van der Waals surface area contributed by atoms with E-state index in [2.05, 4.69) is 17.1 Å². The molecule has 0 spiro atoms. The van der Waals surface area contributed by atoms with Crippen LogP contribution in [-0.4, -0.2) is 36.3 Å². The third-order valence-corrected chi connectivity index (χ3v) is 5.86. The summed E-state index contributed by atoms with van der Waals surface area (Å²) < 4.78 is 0. The number of hydrogen-bond acceptors (Lipinski definition) is 2. The van der Waals surface area contributed by atoms with Crippen LogP contribution in [0.4, 0.5) is 0 Å². The van der Waals surface area contributed by atoms with Crippen LogP contribution in [-0.2, 0) is 9.59 Å². The minimum Gasteiger partial charge on any atom is -0.356 e. The molecular formula is C24H46N2O2. The lowest BCUT2D eigenvalue weighted by Crippen LogP contribution is -2.33. The van der Waals surface area contributed by atoms with Crippen molar-refractivity contribution in [3.8, 4) is 0 Å². The van der Waals surface area contributed by atoms with Crippen LogP contribution in [0.1, 0.15) is 122 Å². The van der Waals surface area contributed by atoms with Crippen LogP contribution in [0.15, 0.2) is 0 Å². The number of unbranched alkanes of at least 4 members (excludes halogenated alkanes) is 9. The van der Waals surface area contributed by atoms with E-state index in [1.165, 1.54) is 57.8 Å². The van der Waals surface area contributed by atoms with Crippen LogP contribution in [0, 0.1) is 0 Å². The van der Waals surface area contributed by atoms with Crippen molar-refractivity contribution in [1.82, 2.24) is 10.2 Å². The average Bonchev–Trinajstić information content (AvgIpc) is 2.69. The van der Waals surface area contributed by atoms with Gasteiger partial charge in [0.25, 0.3) is 0 Å². The number of carbonyl (C=O) groups excluding carboxylic acids is 2. The Bertz CT molecular complexity index is 398. The molecule has 0 radical (unpaired) electrons. The normalized spacial score (nSPS) is 18.0. The van der Waals surface area contributed by atoms with E-state index in [-0.39, 0.29) is 5.91 Å². The average molecular weight is 395 g/mol. The maximum Gasteiger partial charge on any atom is 0.222 e. The van der Waals surface area contributed by atoms with E-state index < -0.39 is 0 Å². The molecule has 2 amide bonds. The summed E-state index contributed by atoms with van der Waals surface area (Å²) in [6, 6.07) is 0. The first kappa shape index (κ1) is 25.0. The third-order valence-electron chi connectivity index (χ3n) is 5.86. The van der Waals surface area contributed by atoms with Crippen LogP contribution in [0.2, 0.25) is 0 Å². The molecule has 28 heavy (non-hydrogen) atoms. The van der Waals surface area contributed by atoms with E-state index in [1.54, 1.807) is 0 Å². The SMILES string of the molecule is CCCCCCCCCCCCN1CCCCCCNC(=O)CCCCC1=O. The zero-order valence-electron chi connectivity index (χ0n) is 18.6. The second-order valence-electron chi connectivity index (χ2n) is 8.53. The molecule has 0 aliphatic carbocycles. The quantitative estimate of drug-likeness (QED) is 0.438. The van der Waals surface area contributed by atoms with Gasteiger partial charge in [-0.1, -0.05) is 77.6 Å². The van der Waals surface area contributed by atoms with Crippen molar-refractivity contribution in [2.45, 2.75) is 122 Å². The van der Waals surface area contributed by atoms with Gasteiger partial charge in [0.15, 0.2) is 0 Å². The molecule has 1 heterocycles. The van der Waals surface area contributed by atoms with Gasteiger partial charge in [-0.3, -0.25) is 9.59 Å². The molecule has 0 bridgehead atoms. The fourth-order valence-corrected chi connectivity index (χ4v) is 3.97. The van der Waals surface area contributed by atoms with Crippen molar-refractivity contribution >= 4 is 11.8 Å². The highest BCUT2D eigenvalue weighted by atomic mass is 16.2.